The monoisotopic (exact) mass is 139 g/mol. The summed E-state index contributed by atoms with van der Waals surface area (Å²) in [4.78, 5) is 2.48. The molecule has 0 bridgehead atoms. The molecule has 0 aromatic heterocycles. The summed E-state index contributed by atoms with van der Waals surface area (Å²) < 4.78 is 0. The van der Waals surface area contributed by atoms with Crippen LogP contribution in [0.2, 0.25) is 0 Å². The van der Waals surface area contributed by atoms with Crippen molar-refractivity contribution in [3.63, 3.8) is 0 Å². The van der Waals surface area contributed by atoms with E-state index in [0.29, 0.717) is 0 Å². The third-order valence-electron chi connectivity index (χ3n) is 1.97. The van der Waals surface area contributed by atoms with Crippen molar-refractivity contribution in [3.8, 4) is 0 Å². The smallest absolute Gasteiger partial charge is 0.0166 e. The quantitative estimate of drug-likeness (QED) is 0.425. The van der Waals surface area contributed by atoms with Crippen molar-refractivity contribution in [1.29, 1.82) is 0 Å². The molecule has 1 rings (SSSR count). The summed E-state index contributed by atoms with van der Waals surface area (Å²) in [6.07, 6.45) is 8.60. The number of hydrogen-bond acceptors (Lipinski definition) is 1. The molecule has 0 amide bonds. The van der Waals surface area contributed by atoms with E-state index in [4.69, 9.17) is 0 Å². The summed E-state index contributed by atoms with van der Waals surface area (Å²) in [6.45, 7) is 5.91. The summed E-state index contributed by atoms with van der Waals surface area (Å²) in [5.74, 6) is 0. The van der Waals surface area contributed by atoms with Gasteiger partial charge in [0, 0.05) is 13.1 Å². The van der Waals surface area contributed by atoms with Gasteiger partial charge in [-0.25, -0.2) is 0 Å². The Kier molecular flexibility index (Phi) is 3.52. The first-order chi connectivity index (χ1) is 4.93. The Labute approximate surface area is 63.7 Å². The minimum atomic E-state index is 1.18. The molecule has 0 saturated heterocycles. The molecule has 0 fully saturated rings. The summed E-state index contributed by atoms with van der Waals surface area (Å²) in [5.41, 5.74) is 0. The van der Waals surface area contributed by atoms with E-state index in [1.165, 1.54) is 38.9 Å². The molecule has 0 aliphatic carbocycles. The van der Waals surface area contributed by atoms with Gasteiger partial charge in [0.2, 0.25) is 0 Å². The van der Waals surface area contributed by atoms with Gasteiger partial charge in [-0.15, -0.1) is 0 Å². The summed E-state index contributed by atoms with van der Waals surface area (Å²) in [5, 5.41) is 0. The van der Waals surface area contributed by atoms with Crippen molar-refractivity contribution in [2.75, 3.05) is 19.6 Å². The normalized spacial score (nSPS) is 18.5. The van der Waals surface area contributed by atoms with E-state index in [2.05, 4.69) is 24.0 Å². The second-order valence-electron chi connectivity index (χ2n) is 2.94. The Hall–Kier alpha value is -0.300. The lowest BCUT2D eigenvalue weighted by molar-refractivity contribution is 0.342. The van der Waals surface area contributed by atoms with Crippen molar-refractivity contribution < 1.29 is 0 Å². The number of unbranched alkanes of at least 4 members (excludes halogenated alkanes) is 2. The minimum absolute atomic E-state index is 1.18. The molecule has 1 heterocycles. The molecular weight excluding hydrogens is 122 g/mol. The second kappa shape index (κ2) is 4.51. The zero-order valence-corrected chi connectivity index (χ0v) is 6.84. The zero-order valence-electron chi connectivity index (χ0n) is 6.84. The van der Waals surface area contributed by atoms with Gasteiger partial charge >= 0.3 is 0 Å². The molecule has 10 heavy (non-hydrogen) atoms. The topological polar surface area (TPSA) is 3.24 Å². The van der Waals surface area contributed by atoms with Crippen LogP contribution in [0.4, 0.5) is 0 Å². The highest BCUT2D eigenvalue weighted by Gasteiger charge is 2.03. The number of rotatable bonds is 4. The van der Waals surface area contributed by atoms with Crippen LogP contribution in [-0.2, 0) is 0 Å². The third-order valence-corrected chi connectivity index (χ3v) is 1.97. The van der Waals surface area contributed by atoms with E-state index in [9.17, 15) is 0 Å². The Balaban J connectivity index is 1.93. The van der Waals surface area contributed by atoms with Gasteiger partial charge in [-0.2, -0.15) is 0 Å². The Bertz CT molecular complexity index is 99.3. The van der Waals surface area contributed by atoms with E-state index < -0.39 is 0 Å². The molecule has 0 radical (unpaired) electrons. The zero-order chi connectivity index (χ0) is 7.23. The van der Waals surface area contributed by atoms with Crippen LogP contribution < -0.4 is 0 Å². The summed E-state index contributed by atoms with van der Waals surface area (Å²) in [6, 6.07) is 0. The molecule has 1 aliphatic rings. The SMILES string of the molecule is CCCCCN1CC=CC1. The first kappa shape index (κ1) is 7.80. The molecule has 58 valence electrons. The van der Waals surface area contributed by atoms with Crippen molar-refractivity contribution in [3.05, 3.63) is 12.2 Å². The van der Waals surface area contributed by atoms with Gasteiger partial charge in [0.25, 0.3) is 0 Å². The van der Waals surface area contributed by atoms with Gasteiger partial charge in [-0.3, -0.25) is 4.90 Å². The average Bonchev–Trinajstić information content (AvgIpc) is 2.41. The van der Waals surface area contributed by atoms with Gasteiger partial charge in [0.05, 0.1) is 0 Å². The van der Waals surface area contributed by atoms with Gasteiger partial charge in [-0.1, -0.05) is 31.9 Å². The van der Waals surface area contributed by atoms with E-state index in [-0.39, 0.29) is 0 Å². The fourth-order valence-electron chi connectivity index (χ4n) is 1.29. The summed E-state index contributed by atoms with van der Waals surface area (Å²) in [7, 11) is 0. The van der Waals surface area contributed by atoms with Crippen LogP contribution in [0.3, 0.4) is 0 Å². The van der Waals surface area contributed by atoms with Crippen LogP contribution in [0.15, 0.2) is 12.2 Å². The van der Waals surface area contributed by atoms with Gasteiger partial charge in [0.15, 0.2) is 0 Å². The van der Waals surface area contributed by atoms with E-state index in [1.807, 2.05) is 0 Å². The van der Waals surface area contributed by atoms with Crippen molar-refractivity contribution in [2.24, 2.45) is 0 Å². The highest BCUT2D eigenvalue weighted by atomic mass is 15.1. The largest absolute Gasteiger partial charge is 0.296 e. The van der Waals surface area contributed by atoms with Gasteiger partial charge in [0.1, 0.15) is 0 Å². The van der Waals surface area contributed by atoms with E-state index in [0.717, 1.165) is 0 Å². The predicted octanol–water partition coefficient (Wildman–Crippen LogP) is 2.05. The molecular formula is C9H17N. The van der Waals surface area contributed by atoms with Gasteiger partial charge in [-0.05, 0) is 13.0 Å². The third kappa shape index (κ3) is 2.53. The lowest BCUT2D eigenvalue weighted by Gasteiger charge is -2.13. The molecule has 0 aromatic rings. The van der Waals surface area contributed by atoms with Crippen molar-refractivity contribution >= 4 is 0 Å². The molecule has 1 nitrogen and oxygen atoms in total. The fraction of sp³-hybridized carbons (Fsp3) is 0.778. The Morgan fingerprint density at radius 3 is 2.50 bits per heavy atom. The first-order valence-electron chi connectivity index (χ1n) is 4.31. The fourth-order valence-corrected chi connectivity index (χ4v) is 1.29. The van der Waals surface area contributed by atoms with Crippen molar-refractivity contribution in [1.82, 2.24) is 4.90 Å². The summed E-state index contributed by atoms with van der Waals surface area (Å²) >= 11 is 0. The van der Waals surface area contributed by atoms with Crippen LogP contribution in [0, 0.1) is 0 Å². The Morgan fingerprint density at radius 1 is 1.20 bits per heavy atom. The predicted molar refractivity (Wildman–Crippen MR) is 45.1 cm³/mol. The van der Waals surface area contributed by atoms with E-state index in [1.54, 1.807) is 0 Å². The second-order valence-corrected chi connectivity index (χ2v) is 2.94. The van der Waals surface area contributed by atoms with Crippen LogP contribution in [0.25, 0.3) is 0 Å². The standard InChI is InChI=1S/C9H17N/c1-2-3-4-7-10-8-5-6-9-10/h5-6H,2-4,7-9H2,1H3. The maximum Gasteiger partial charge on any atom is 0.0166 e. The van der Waals surface area contributed by atoms with Crippen LogP contribution in [0.5, 0.6) is 0 Å². The van der Waals surface area contributed by atoms with Crippen LogP contribution in [-0.4, -0.2) is 24.5 Å². The maximum atomic E-state index is 2.48. The molecule has 0 aromatic carbocycles. The molecule has 0 N–H and O–H groups in total. The molecule has 0 unspecified atom stereocenters. The highest BCUT2D eigenvalue weighted by molar-refractivity contribution is 4.94. The number of nitrogens with zero attached hydrogens (tertiary/aromatic N) is 1. The minimum Gasteiger partial charge on any atom is -0.296 e. The number of hydrogen-bond donors (Lipinski definition) is 0. The highest BCUT2D eigenvalue weighted by Crippen LogP contribution is 2.02. The molecule has 0 atom stereocenters. The van der Waals surface area contributed by atoms with E-state index >= 15 is 0 Å². The van der Waals surface area contributed by atoms with Crippen LogP contribution >= 0.6 is 0 Å². The average molecular weight is 139 g/mol. The molecule has 0 saturated carbocycles. The molecule has 0 spiro atoms. The van der Waals surface area contributed by atoms with Crippen molar-refractivity contribution in [2.45, 2.75) is 26.2 Å². The molecule has 1 aliphatic heterocycles. The first-order valence-corrected chi connectivity index (χ1v) is 4.31. The lowest BCUT2D eigenvalue weighted by atomic mass is 10.2. The molecule has 1 heteroatoms. The maximum absolute atomic E-state index is 2.48. The Morgan fingerprint density at radius 2 is 1.90 bits per heavy atom. The van der Waals surface area contributed by atoms with Crippen LogP contribution in [0.1, 0.15) is 26.2 Å². The lowest BCUT2D eigenvalue weighted by Crippen LogP contribution is -2.20. The van der Waals surface area contributed by atoms with Gasteiger partial charge < -0.3 is 0 Å².